The third-order valence-electron chi connectivity index (χ3n) is 2.55. The van der Waals surface area contributed by atoms with Crippen molar-refractivity contribution in [2.75, 3.05) is 6.61 Å². The lowest BCUT2D eigenvalue weighted by Crippen LogP contribution is -2.03. The van der Waals surface area contributed by atoms with Crippen molar-refractivity contribution in [1.29, 1.82) is 0 Å². The Morgan fingerprint density at radius 1 is 1.16 bits per heavy atom. The number of aromatic carboxylic acids is 1. The van der Waals surface area contributed by atoms with Gasteiger partial charge >= 0.3 is 5.97 Å². The molecule has 0 amide bonds. The van der Waals surface area contributed by atoms with Gasteiger partial charge in [0.05, 0.1) is 24.5 Å². The number of ether oxygens (including phenoxy) is 1. The third kappa shape index (κ3) is 4.15. The number of pyridine rings is 2. The topological polar surface area (TPSA) is 72.3 Å². The Hall–Kier alpha value is -2.27. The van der Waals surface area contributed by atoms with Crippen LogP contribution in [0.5, 0.6) is 0 Å². The summed E-state index contributed by atoms with van der Waals surface area (Å²) in [6.45, 7) is 0.923. The molecule has 5 heteroatoms. The maximum absolute atomic E-state index is 10.7. The van der Waals surface area contributed by atoms with Gasteiger partial charge in [0, 0.05) is 24.5 Å². The van der Waals surface area contributed by atoms with E-state index in [1.807, 2.05) is 18.2 Å². The molecule has 0 fully saturated rings. The van der Waals surface area contributed by atoms with E-state index in [0.29, 0.717) is 18.9 Å². The standard InChI is InChI=1S/C14H14N2O3/c17-14(18)11-4-5-13(16-9-11)10-19-8-6-12-3-1-2-7-15-12/h1-5,7,9H,6,8,10H2,(H,17,18). The Kier molecular flexibility index (Phi) is 4.58. The van der Waals surface area contributed by atoms with Gasteiger partial charge in [-0.25, -0.2) is 4.79 Å². The SMILES string of the molecule is O=C(O)c1ccc(COCCc2ccccn2)nc1. The van der Waals surface area contributed by atoms with Gasteiger partial charge in [-0.3, -0.25) is 9.97 Å². The second kappa shape index (κ2) is 6.61. The van der Waals surface area contributed by atoms with Gasteiger partial charge in [0.2, 0.25) is 0 Å². The van der Waals surface area contributed by atoms with Gasteiger partial charge in [0.25, 0.3) is 0 Å². The van der Waals surface area contributed by atoms with E-state index in [1.165, 1.54) is 12.3 Å². The quantitative estimate of drug-likeness (QED) is 0.801. The minimum Gasteiger partial charge on any atom is -0.478 e. The highest BCUT2D eigenvalue weighted by atomic mass is 16.5. The highest BCUT2D eigenvalue weighted by molar-refractivity contribution is 5.87. The van der Waals surface area contributed by atoms with Gasteiger partial charge in [-0.05, 0) is 24.3 Å². The van der Waals surface area contributed by atoms with E-state index < -0.39 is 5.97 Å². The molecule has 0 aromatic carbocycles. The Balaban J connectivity index is 1.75. The van der Waals surface area contributed by atoms with E-state index in [4.69, 9.17) is 9.84 Å². The number of nitrogens with zero attached hydrogens (tertiary/aromatic N) is 2. The summed E-state index contributed by atoms with van der Waals surface area (Å²) in [5.74, 6) is -0.977. The maximum atomic E-state index is 10.7. The summed E-state index contributed by atoms with van der Waals surface area (Å²) in [7, 11) is 0. The van der Waals surface area contributed by atoms with Gasteiger partial charge in [-0.1, -0.05) is 6.07 Å². The molecule has 19 heavy (non-hydrogen) atoms. The van der Waals surface area contributed by atoms with Crippen molar-refractivity contribution < 1.29 is 14.6 Å². The van der Waals surface area contributed by atoms with Crippen LogP contribution in [0, 0.1) is 0 Å². The summed E-state index contributed by atoms with van der Waals surface area (Å²) in [6.07, 6.45) is 3.83. The molecule has 0 bridgehead atoms. The van der Waals surface area contributed by atoms with E-state index in [0.717, 1.165) is 12.1 Å². The molecule has 1 N–H and O–H groups in total. The summed E-state index contributed by atoms with van der Waals surface area (Å²) in [5.41, 5.74) is 1.87. The summed E-state index contributed by atoms with van der Waals surface area (Å²) in [4.78, 5) is 18.9. The van der Waals surface area contributed by atoms with Crippen LogP contribution in [0.2, 0.25) is 0 Å². The zero-order chi connectivity index (χ0) is 13.5. The lowest BCUT2D eigenvalue weighted by atomic mass is 10.2. The minimum absolute atomic E-state index is 0.178. The van der Waals surface area contributed by atoms with Crippen molar-refractivity contribution in [2.24, 2.45) is 0 Å². The van der Waals surface area contributed by atoms with Crippen LogP contribution >= 0.6 is 0 Å². The molecular formula is C14H14N2O3. The Morgan fingerprint density at radius 2 is 2.05 bits per heavy atom. The Labute approximate surface area is 110 Å². The van der Waals surface area contributed by atoms with Crippen LogP contribution in [0.25, 0.3) is 0 Å². The molecule has 0 spiro atoms. The molecule has 0 saturated heterocycles. The number of carboxylic acid groups (broad SMARTS) is 1. The predicted octanol–water partition coefficient (Wildman–Crippen LogP) is 1.93. The number of hydrogen-bond donors (Lipinski definition) is 1. The van der Waals surface area contributed by atoms with Crippen LogP contribution < -0.4 is 0 Å². The van der Waals surface area contributed by atoms with Gasteiger partial charge in [0.15, 0.2) is 0 Å². The summed E-state index contributed by atoms with van der Waals surface area (Å²) < 4.78 is 5.47. The fourth-order valence-electron chi connectivity index (χ4n) is 1.54. The third-order valence-corrected chi connectivity index (χ3v) is 2.55. The number of carboxylic acids is 1. The molecule has 0 aliphatic rings. The van der Waals surface area contributed by atoms with Gasteiger partial charge < -0.3 is 9.84 Å². The van der Waals surface area contributed by atoms with E-state index in [9.17, 15) is 4.79 Å². The molecule has 98 valence electrons. The summed E-state index contributed by atoms with van der Waals surface area (Å²) >= 11 is 0. The number of rotatable bonds is 6. The number of aromatic nitrogens is 2. The molecule has 2 rings (SSSR count). The van der Waals surface area contributed by atoms with Gasteiger partial charge in [-0.15, -0.1) is 0 Å². The predicted molar refractivity (Wildman–Crippen MR) is 68.8 cm³/mol. The molecule has 0 unspecified atom stereocenters. The van der Waals surface area contributed by atoms with E-state index in [2.05, 4.69) is 9.97 Å². The molecule has 0 aliphatic heterocycles. The van der Waals surface area contributed by atoms with Crippen molar-refractivity contribution in [3.63, 3.8) is 0 Å². The first-order chi connectivity index (χ1) is 9.25. The highest BCUT2D eigenvalue weighted by Gasteiger charge is 2.03. The average Bonchev–Trinajstić information content (AvgIpc) is 2.45. The van der Waals surface area contributed by atoms with Gasteiger partial charge in [0.1, 0.15) is 0 Å². The summed E-state index contributed by atoms with van der Waals surface area (Å²) in [6, 6.07) is 8.94. The first-order valence-electron chi connectivity index (χ1n) is 5.91. The Morgan fingerprint density at radius 3 is 2.68 bits per heavy atom. The fraction of sp³-hybridized carbons (Fsp3) is 0.214. The lowest BCUT2D eigenvalue weighted by molar-refractivity contribution is 0.0696. The highest BCUT2D eigenvalue weighted by Crippen LogP contribution is 2.02. The summed E-state index contributed by atoms with van der Waals surface area (Å²) in [5, 5.41) is 8.74. The van der Waals surface area contributed by atoms with E-state index in [1.54, 1.807) is 12.3 Å². The van der Waals surface area contributed by atoms with Crippen molar-refractivity contribution in [3.05, 3.63) is 59.7 Å². The van der Waals surface area contributed by atoms with Crippen LogP contribution in [-0.2, 0) is 17.8 Å². The van der Waals surface area contributed by atoms with Crippen LogP contribution in [0.3, 0.4) is 0 Å². The average molecular weight is 258 g/mol. The van der Waals surface area contributed by atoms with Crippen LogP contribution in [0.1, 0.15) is 21.7 Å². The van der Waals surface area contributed by atoms with Crippen LogP contribution in [0.4, 0.5) is 0 Å². The normalized spacial score (nSPS) is 10.3. The van der Waals surface area contributed by atoms with Crippen LogP contribution in [-0.4, -0.2) is 27.7 Å². The number of carbonyl (C=O) groups is 1. The van der Waals surface area contributed by atoms with Crippen molar-refractivity contribution >= 4 is 5.97 Å². The van der Waals surface area contributed by atoms with Crippen molar-refractivity contribution in [3.8, 4) is 0 Å². The molecule has 2 aromatic heterocycles. The largest absolute Gasteiger partial charge is 0.478 e. The maximum Gasteiger partial charge on any atom is 0.337 e. The molecule has 0 aliphatic carbocycles. The van der Waals surface area contributed by atoms with E-state index in [-0.39, 0.29) is 5.56 Å². The molecule has 2 heterocycles. The molecule has 2 aromatic rings. The number of hydrogen-bond acceptors (Lipinski definition) is 4. The molecule has 5 nitrogen and oxygen atoms in total. The lowest BCUT2D eigenvalue weighted by Gasteiger charge is -2.04. The van der Waals surface area contributed by atoms with Crippen LogP contribution in [0.15, 0.2) is 42.7 Å². The molecule has 0 saturated carbocycles. The molecule has 0 radical (unpaired) electrons. The zero-order valence-corrected chi connectivity index (χ0v) is 10.3. The molecule has 0 atom stereocenters. The molecular weight excluding hydrogens is 244 g/mol. The second-order valence-corrected chi connectivity index (χ2v) is 3.97. The smallest absolute Gasteiger partial charge is 0.337 e. The van der Waals surface area contributed by atoms with E-state index >= 15 is 0 Å². The van der Waals surface area contributed by atoms with Crippen molar-refractivity contribution in [2.45, 2.75) is 13.0 Å². The monoisotopic (exact) mass is 258 g/mol. The Bertz CT molecular complexity index is 526. The van der Waals surface area contributed by atoms with Crippen molar-refractivity contribution in [1.82, 2.24) is 9.97 Å². The minimum atomic E-state index is -0.977. The fourth-order valence-corrected chi connectivity index (χ4v) is 1.54. The first kappa shape index (κ1) is 13.2. The van der Waals surface area contributed by atoms with Gasteiger partial charge in [-0.2, -0.15) is 0 Å². The zero-order valence-electron chi connectivity index (χ0n) is 10.3. The first-order valence-corrected chi connectivity index (χ1v) is 5.91. The second-order valence-electron chi connectivity index (χ2n) is 3.97.